The van der Waals surface area contributed by atoms with Crippen LogP contribution in [-0.4, -0.2) is 5.11 Å². The average Bonchev–Trinajstić information content (AvgIpc) is 2.28. The molecule has 0 bridgehead atoms. The summed E-state index contributed by atoms with van der Waals surface area (Å²) in [6.45, 7) is 1.77. The van der Waals surface area contributed by atoms with Crippen LogP contribution in [0.2, 0.25) is 0 Å². The maximum atomic E-state index is 9.58. The van der Waals surface area contributed by atoms with Crippen molar-refractivity contribution in [3.05, 3.63) is 57.0 Å². The van der Waals surface area contributed by atoms with Gasteiger partial charge in [-0.15, -0.1) is 0 Å². The summed E-state index contributed by atoms with van der Waals surface area (Å²) in [5.41, 5.74) is 0.911. The topological polar surface area (TPSA) is 20.2 Å². The van der Waals surface area contributed by atoms with E-state index in [1.54, 1.807) is 18.7 Å². The summed E-state index contributed by atoms with van der Waals surface area (Å²) in [5.74, 6) is 0. The normalized spacial score (nSPS) is 12.4. The van der Waals surface area contributed by atoms with Gasteiger partial charge in [0, 0.05) is 18.7 Å². The predicted molar refractivity (Wildman–Crippen MR) is 83.0 cm³/mol. The fraction of sp³-hybridized carbons (Fsp3) is 0.143. The minimum atomic E-state index is -0.454. The van der Waals surface area contributed by atoms with E-state index in [9.17, 15) is 5.11 Å². The van der Waals surface area contributed by atoms with Crippen molar-refractivity contribution < 1.29 is 5.11 Å². The van der Waals surface area contributed by atoms with Gasteiger partial charge in [0.1, 0.15) is 0 Å². The molecule has 0 aromatic heterocycles. The van der Waals surface area contributed by atoms with Gasteiger partial charge in [-0.25, -0.2) is 0 Å². The van der Waals surface area contributed by atoms with Gasteiger partial charge in [0.2, 0.25) is 0 Å². The van der Waals surface area contributed by atoms with Crippen molar-refractivity contribution in [1.29, 1.82) is 0 Å². The predicted octanol–water partition coefficient (Wildman–Crippen LogP) is 5.42. The minimum Gasteiger partial charge on any atom is -0.389 e. The fourth-order valence-corrected chi connectivity index (χ4v) is 3.91. The van der Waals surface area contributed by atoms with E-state index in [2.05, 4.69) is 44.0 Å². The zero-order valence-corrected chi connectivity index (χ0v) is 13.7. The van der Waals surface area contributed by atoms with Gasteiger partial charge in [-0.1, -0.05) is 55.8 Å². The van der Waals surface area contributed by atoms with Crippen molar-refractivity contribution in [3.8, 4) is 0 Å². The maximum Gasteiger partial charge on any atom is 0.0772 e. The second kappa shape index (κ2) is 6.24. The average molecular weight is 388 g/mol. The molecule has 0 fully saturated rings. The zero-order chi connectivity index (χ0) is 13.1. The number of benzene rings is 2. The second-order valence-corrected chi connectivity index (χ2v) is 6.84. The molecule has 1 unspecified atom stereocenters. The van der Waals surface area contributed by atoms with E-state index >= 15 is 0 Å². The summed E-state index contributed by atoms with van der Waals surface area (Å²) in [7, 11) is 0. The van der Waals surface area contributed by atoms with Gasteiger partial charge in [0.25, 0.3) is 0 Å². The van der Waals surface area contributed by atoms with E-state index in [1.807, 2.05) is 30.3 Å². The summed E-state index contributed by atoms with van der Waals surface area (Å²) in [6, 6.07) is 14.2. The van der Waals surface area contributed by atoms with Crippen LogP contribution in [0.25, 0.3) is 0 Å². The van der Waals surface area contributed by atoms with Crippen molar-refractivity contribution in [2.24, 2.45) is 0 Å². The Labute approximate surface area is 128 Å². The molecular weight excluding hydrogens is 376 g/mol. The van der Waals surface area contributed by atoms with Crippen molar-refractivity contribution in [1.82, 2.24) is 0 Å². The molecule has 1 N–H and O–H groups in total. The molecule has 0 radical (unpaired) electrons. The molecule has 0 heterocycles. The summed E-state index contributed by atoms with van der Waals surface area (Å²) in [5, 5.41) is 9.58. The standard InChI is InChI=1S/C14H12Br2OS/c1-9(17)13-6-5-12(8-14(13)16)18-11-4-2-3-10(15)7-11/h2-9,17H,1H3. The minimum absolute atomic E-state index is 0.454. The van der Waals surface area contributed by atoms with Gasteiger partial charge >= 0.3 is 0 Å². The Morgan fingerprint density at radius 2 is 1.78 bits per heavy atom. The molecule has 0 aliphatic rings. The first-order valence-corrected chi connectivity index (χ1v) is 7.87. The number of halogens is 2. The molecule has 1 atom stereocenters. The first-order chi connectivity index (χ1) is 8.56. The smallest absolute Gasteiger partial charge is 0.0772 e. The third kappa shape index (κ3) is 3.60. The summed E-state index contributed by atoms with van der Waals surface area (Å²) >= 11 is 8.65. The van der Waals surface area contributed by atoms with Crippen LogP contribution in [0.5, 0.6) is 0 Å². The van der Waals surface area contributed by atoms with Gasteiger partial charge in [0.05, 0.1) is 6.10 Å². The molecule has 0 aliphatic carbocycles. The second-order valence-electron chi connectivity index (χ2n) is 3.92. The van der Waals surface area contributed by atoms with Crippen LogP contribution < -0.4 is 0 Å². The van der Waals surface area contributed by atoms with Gasteiger partial charge < -0.3 is 5.11 Å². The lowest BCUT2D eigenvalue weighted by Crippen LogP contribution is -1.92. The summed E-state index contributed by atoms with van der Waals surface area (Å²) < 4.78 is 2.02. The lowest BCUT2D eigenvalue weighted by Gasteiger charge is -2.09. The van der Waals surface area contributed by atoms with Crippen LogP contribution in [-0.2, 0) is 0 Å². The van der Waals surface area contributed by atoms with E-state index in [-0.39, 0.29) is 0 Å². The van der Waals surface area contributed by atoms with E-state index in [0.717, 1.165) is 19.4 Å². The van der Waals surface area contributed by atoms with E-state index in [0.29, 0.717) is 0 Å². The number of aliphatic hydroxyl groups is 1. The van der Waals surface area contributed by atoms with Crippen LogP contribution in [0.4, 0.5) is 0 Å². The molecule has 0 spiro atoms. The highest BCUT2D eigenvalue weighted by Gasteiger charge is 2.07. The van der Waals surface area contributed by atoms with Crippen LogP contribution in [0.1, 0.15) is 18.6 Å². The monoisotopic (exact) mass is 386 g/mol. The van der Waals surface area contributed by atoms with Crippen molar-refractivity contribution in [2.45, 2.75) is 22.8 Å². The van der Waals surface area contributed by atoms with Crippen molar-refractivity contribution in [3.63, 3.8) is 0 Å². The Morgan fingerprint density at radius 1 is 1.06 bits per heavy atom. The lowest BCUT2D eigenvalue weighted by atomic mass is 10.1. The van der Waals surface area contributed by atoms with Crippen LogP contribution >= 0.6 is 43.6 Å². The highest BCUT2D eigenvalue weighted by atomic mass is 79.9. The molecule has 0 amide bonds. The van der Waals surface area contributed by atoms with Crippen LogP contribution in [0.3, 0.4) is 0 Å². The van der Waals surface area contributed by atoms with Crippen molar-refractivity contribution in [2.75, 3.05) is 0 Å². The molecule has 0 aliphatic heterocycles. The molecule has 4 heteroatoms. The van der Waals surface area contributed by atoms with E-state index in [4.69, 9.17) is 0 Å². The largest absolute Gasteiger partial charge is 0.389 e. The Balaban J connectivity index is 2.23. The Bertz CT molecular complexity index is 555. The summed E-state index contributed by atoms with van der Waals surface area (Å²) in [4.78, 5) is 2.32. The molecular formula is C14H12Br2OS. The first-order valence-electron chi connectivity index (χ1n) is 5.47. The molecule has 1 nitrogen and oxygen atoms in total. The first kappa shape index (κ1) is 14.1. The van der Waals surface area contributed by atoms with Gasteiger partial charge in [-0.05, 0) is 42.8 Å². The van der Waals surface area contributed by atoms with Gasteiger partial charge in [-0.3, -0.25) is 0 Å². The summed E-state index contributed by atoms with van der Waals surface area (Å²) in [6.07, 6.45) is -0.454. The van der Waals surface area contributed by atoms with Gasteiger partial charge in [-0.2, -0.15) is 0 Å². The molecule has 0 saturated heterocycles. The molecule has 2 aromatic carbocycles. The van der Waals surface area contributed by atoms with Crippen molar-refractivity contribution >= 4 is 43.6 Å². The Hall–Kier alpha value is -0.290. The van der Waals surface area contributed by atoms with E-state index in [1.165, 1.54) is 4.90 Å². The lowest BCUT2D eigenvalue weighted by molar-refractivity contribution is 0.198. The highest BCUT2D eigenvalue weighted by molar-refractivity contribution is 9.10. The molecule has 2 rings (SSSR count). The highest BCUT2D eigenvalue weighted by Crippen LogP contribution is 2.33. The Kier molecular flexibility index (Phi) is 4.90. The molecule has 0 saturated carbocycles. The number of rotatable bonds is 3. The Morgan fingerprint density at radius 3 is 2.39 bits per heavy atom. The molecule has 2 aromatic rings. The zero-order valence-electron chi connectivity index (χ0n) is 9.73. The SMILES string of the molecule is CC(O)c1ccc(Sc2cccc(Br)c2)cc1Br. The number of hydrogen-bond acceptors (Lipinski definition) is 2. The van der Waals surface area contributed by atoms with Crippen LogP contribution in [0.15, 0.2) is 61.2 Å². The molecule has 18 heavy (non-hydrogen) atoms. The van der Waals surface area contributed by atoms with E-state index < -0.39 is 6.10 Å². The van der Waals surface area contributed by atoms with Gasteiger partial charge in [0.15, 0.2) is 0 Å². The fourth-order valence-electron chi connectivity index (χ4n) is 1.58. The molecule has 94 valence electrons. The van der Waals surface area contributed by atoms with Crippen LogP contribution in [0, 0.1) is 0 Å². The quantitative estimate of drug-likeness (QED) is 0.758. The maximum absolute atomic E-state index is 9.58. The third-order valence-electron chi connectivity index (χ3n) is 2.45. The number of hydrogen-bond donors (Lipinski definition) is 1. The number of aliphatic hydroxyl groups excluding tert-OH is 1. The third-order valence-corrected chi connectivity index (χ3v) is 4.61.